The lowest BCUT2D eigenvalue weighted by Crippen LogP contribution is -2.38. The number of aromatic nitrogens is 4. The minimum absolute atomic E-state index is 0.175. The normalized spacial score (nSPS) is 16.3. The summed E-state index contributed by atoms with van der Waals surface area (Å²) in [6, 6.07) is 18.1. The molecular formula is C27H29N5O2. The van der Waals surface area contributed by atoms with Crippen LogP contribution in [0.5, 0.6) is 0 Å². The van der Waals surface area contributed by atoms with Crippen molar-refractivity contribution in [2.24, 2.45) is 11.3 Å². The van der Waals surface area contributed by atoms with E-state index in [0.29, 0.717) is 18.8 Å². The number of likely N-dealkylation sites (tertiary alicyclic amines) is 1. The van der Waals surface area contributed by atoms with Crippen molar-refractivity contribution in [1.29, 1.82) is 0 Å². The summed E-state index contributed by atoms with van der Waals surface area (Å²) in [7, 11) is 0. The highest BCUT2D eigenvalue weighted by Gasteiger charge is 2.33. The number of carbonyl (C=O) groups excluding carboxylic acids is 1. The number of nitrogens with zero attached hydrogens (tertiary/aromatic N) is 4. The molecule has 0 spiro atoms. The minimum atomic E-state index is -0.383. The summed E-state index contributed by atoms with van der Waals surface area (Å²) in [4.78, 5) is 31.6. The van der Waals surface area contributed by atoms with Crippen LogP contribution in [0.15, 0.2) is 65.6 Å². The van der Waals surface area contributed by atoms with E-state index in [2.05, 4.69) is 33.4 Å². The van der Waals surface area contributed by atoms with Gasteiger partial charge in [0.05, 0.1) is 11.2 Å². The first-order valence-electron chi connectivity index (χ1n) is 11.7. The molecule has 2 aromatic heterocycles. The van der Waals surface area contributed by atoms with Crippen molar-refractivity contribution in [2.75, 3.05) is 13.1 Å². The molecule has 0 unspecified atom stereocenters. The van der Waals surface area contributed by atoms with E-state index in [-0.39, 0.29) is 22.9 Å². The van der Waals surface area contributed by atoms with Gasteiger partial charge in [-0.15, -0.1) is 0 Å². The molecule has 1 aliphatic heterocycles. The van der Waals surface area contributed by atoms with E-state index < -0.39 is 0 Å². The molecule has 0 aliphatic carbocycles. The topological polar surface area (TPSA) is 83.9 Å². The summed E-state index contributed by atoms with van der Waals surface area (Å²) < 4.78 is 1.64. The second-order valence-corrected chi connectivity index (χ2v) is 10.1. The van der Waals surface area contributed by atoms with Crippen LogP contribution in [0.2, 0.25) is 0 Å². The zero-order valence-corrected chi connectivity index (χ0v) is 19.8. The molecule has 7 nitrogen and oxygen atoms in total. The molecule has 1 amide bonds. The molecule has 34 heavy (non-hydrogen) atoms. The minimum Gasteiger partial charge on any atom is -0.342 e. The van der Waals surface area contributed by atoms with E-state index in [1.54, 1.807) is 10.8 Å². The van der Waals surface area contributed by atoms with E-state index in [1.807, 2.05) is 62.1 Å². The van der Waals surface area contributed by atoms with Crippen LogP contribution in [0, 0.1) is 11.3 Å². The Hall–Kier alpha value is -3.74. The molecule has 3 heterocycles. The third kappa shape index (κ3) is 4.25. The van der Waals surface area contributed by atoms with E-state index in [0.717, 1.165) is 40.7 Å². The first-order valence-corrected chi connectivity index (χ1v) is 11.7. The van der Waals surface area contributed by atoms with Crippen molar-refractivity contribution < 1.29 is 4.79 Å². The Morgan fingerprint density at radius 1 is 1.09 bits per heavy atom. The largest absolute Gasteiger partial charge is 0.347 e. The van der Waals surface area contributed by atoms with Gasteiger partial charge in [-0.05, 0) is 47.7 Å². The fourth-order valence-electron chi connectivity index (χ4n) is 4.70. The number of amides is 1. The molecule has 7 heteroatoms. The zero-order chi connectivity index (χ0) is 23.9. The molecular weight excluding hydrogens is 426 g/mol. The fraction of sp³-hybridized carbons (Fsp3) is 0.333. The van der Waals surface area contributed by atoms with E-state index in [4.69, 9.17) is 0 Å². The Morgan fingerprint density at radius 3 is 2.62 bits per heavy atom. The zero-order valence-electron chi connectivity index (χ0n) is 19.8. The molecule has 1 N–H and O–H groups in total. The molecule has 5 rings (SSSR count). The average molecular weight is 456 g/mol. The number of fused-ring (bicyclic) bond motifs is 1. The fourth-order valence-corrected chi connectivity index (χ4v) is 4.70. The van der Waals surface area contributed by atoms with Gasteiger partial charge in [0.15, 0.2) is 0 Å². The van der Waals surface area contributed by atoms with Gasteiger partial charge in [-0.2, -0.15) is 5.10 Å². The number of hydrogen-bond donors (Lipinski definition) is 1. The number of pyridine rings is 1. The number of carbonyl (C=O) groups is 1. The Labute approximate surface area is 198 Å². The Balaban J connectivity index is 1.35. The van der Waals surface area contributed by atoms with Crippen LogP contribution in [-0.4, -0.2) is 43.6 Å². The molecule has 1 aliphatic rings. The van der Waals surface area contributed by atoms with Crippen LogP contribution in [-0.2, 0) is 11.2 Å². The van der Waals surface area contributed by atoms with Gasteiger partial charge in [0.25, 0.3) is 0 Å². The standard InChI is InChI=1S/C27H29N5O2/c1-27(2,3)25(33)31-14-12-18(17-31)15-24-29-30-26(34)32(24)22-10-8-19(9-11-22)21-7-6-20-5-4-13-28-23(20)16-21/h4-11,13,16,18H,12,14-15,17H2,1-3H3,(H,30,34)/t18-/m0/s1. The number of H-pyrrole nitrogens is 1. The number of rotatable bonds is 4. The van der Waals surface area contributed by atoms with Crippen LogP contribution < -0.4 is 5.69 Å². The quantitative estimate of drug-likeness (QED) is 0.500. The highest BCUT2D eigenvalue weighted by atomic mass is 16.2. The molecule has 1 saturated heterocycles. The van der Waals surface area contributed by atoms with Crippen LogP contribution in [0.25, 0.3) is 27.7 Å². The predicted molar refractivity (Wildman–Crippen MR) is 133 cm³/mol. The van der Waals surface area contributed by atoms with Crippen molar-refractivity contribution in [3.8, 4) is 16.8 Å². The van der Waals surface area contributed by atoms with E-state index in [1.165, 1.54) is 0 Å². The van der Waals surface area contributed by atoms with Crippen molar-refractivity contribution in [3.05, 3.63) is 77.1 Å². The lowest BCUT2D eigenvalue weighted by molar-refractivity contribution is -0.138. The van der Waals surface area contributed by atoms with Crippen LogP contribution in [0.4, 0.5) is 0 Å². The van der Waals surface area contributed by atoms with Gasteiger partial charge >= 0.3 is 5.69 Å². The number of aromatic amines is 1. The van der Waals surface area contributed by atoms with Gasteiger partial charge in [0, 0.05) is 36.5 Å². The van der Waals surface area contributed by atoms with Gasteiger partial charge in [-0.1, -0.05) is 51.1 Å². The number of benzene rings is 2. The van der Waals surface area contributed by atoms with Crippen molar-refractivity contribution >= 4 is 16.8 Å². The summed E-state index contributed by atoms with van der Waals surface area (Å²) in [5.74, 6) is 1.15. The van der Waals surface area contributed by atoms with Gasteiger partial charge < -0.3 is 4.90 Å². The maximum Gasteiger partial charge on any atom is 0.347 e. The first-order chi connectivity index (χ1) is 16.3. The SMILES string of the molecule is CC(C)(C)C(=O)N1CC[C@@H](Cc2n[nH]c(=O)n2-c2ccc(-c3ccc4cccnc4c3)cc2)C1. The van der Waals surface area contributed by atoms with Crippen molar-refractivity contribution in [2.45, 2.75) is 33.6 Å². The summed E-state index contributed by atoms with van der Waals surface area (Å²) in [6.07, 6.45) is 3.35. The molecule has 1 atom stereocenters. The Kier molecular flexibility index (Phi) is 5.55. The number of nitrogens with one attached hydrogen (secondary N) is 1. The Morgan fingerprint density at radius 2 is 1.85 bits per heavy atom. The average Bonchev–Trinajstić information content (AvgIpc) is 3.44. The highest BCUT2D eigenvalue weighted by Crippen LogP contribution is 2.27. The summed E-state index contributed by atoms with van der Waals surface area (Å²) in [6.45, 7) is 7.31. The Bertz CT molecular complexity index is 1400. The van der Waals surface area contributed by atoms with Crippen molar-refractivity contribution in [1.82, 2.24) is 24.6 Å². The number of hydrogen-bond acceptors (Lipinski definition) is 4. The van der Waals surface area contributed by atoms with Gasteiger partial charge in [-0.3, -0.25) is 9.78 Å². The molecule has 2 aromatic carbocycles. The third-order valence-corrected chi connectivity index (χ3v) is 6.49. The summed E-state index contributed by atoms with van der Waals surface area (Å²) in [5, 5.41) is 8.01. The van der Waals surface area contributed by atoms with E-state index in [9.17, 15) is 9.59 Å². The summed E-state index contributed by atoms with van der Waals surface area (Å²) in [5.41, 5.74) is 3.23. The van der Waals surface area contributed by atoms with Crippen molar-refractivity contribution in [3.63, 3.8) is 0 Å². The maximum absolute atomic E-state index is 12.6. The predicted octanol–water partition coefficient (Wildman–Crippen LogP) is 4.21. The lowest BCUT2D eigenvalue weighted by atomic mass is 9.95. The van der Waals surface area contributed by atoms with Crippen LogP contribution in [0.3, 0.4) is 0 Å². The maximum atomic E-state index is 12.6. The monoisotopic (exact) mass is 455 g/mol. The highest BCUT2D eigenvalue weighted by molar-refractivity contribution is 5.84. The molecule has 174 valence electrons. The molecule has 1 fully saturated rings. The second-order valence-electron chi connectivity index (χ2n) is 10.1. The van der Waals surface area contributed by atoms with E-state index >= 15 is 0 Å². The molecule has 0 radical (unpaired) electrons. The van der Waals surface area contributed by atoms with Crippen LogP contribution in [0.1, 0.15) is 33.0 Å². The lowest BCUT2D eigenvalue weighted by Gasteiger charge is -2.25. The molecule has 0 saturated carbocycles. The third-order valence-electron chi connectivity index (χ3n) is 6.49. The first kappa shape index (κ1) is 22.1. The van der Waals surface area contributed by atoms with Gasteiger partial charge in [0.1, 0.15) is 5.82 Å². The van der Waals surface area contributed by atoms with Gasteiger partial charge in [-0.25, -0.2) is 14.5 Å². The summed E-state index contributed by atoms with van der Waals surface area (Å²) >= 11 is 0. The smallest absolute Gasteiger partial charge is 0.342 e. The second kappa shape index (κ2) is 8.56. The van der Waals surface area contributed by atoms with Gasteiger partial charge in [0.2, 0.25) is 5.91 Å². The molecule has 0 bridgehead atoms. The van der Waals surface area contributed by atoms with Crippen LogP contribution >= 0.6 is 0 Å². The molecule has 4 aromatic rings.